The first-order chi connectivity index (χ1) is 8.00. The Hall–Kier alpha value is -1.97. The molecular formula is C13H18N2O2. The third-order valence-electron chi connectivity index (χ3n) is 2.38. The van der Waals surface area contributed by atoms with E-state index < -0.39 is 5.97 Å². The summed E-state index contributed by atoms with van der Waals surface area (Å²) in [6.45, 7) is 2.56. The molecule has 0 spiro atoms. The highest BCUT2D eigenvalue weighted by Gasteiger charge is 2.01. The van der Waals surface area contributed by atoms with Gasteiger partial charge in [0.1, 0.15) is 0 Å². The molecule has 4 nitrogen and oxygen atoms in total. The molecular weight excluding hydrogens is 216 g/mol. The first-order valence-corrected chi connectivity index (χ1v) is 5.42. The standard InChI is InChI=1S/C13H18N2O2/c1-10-6-7-11(9-12(10)15(2)3)14-8-4-5-13(16)17/h4-7,9,14H,8H2,1-3H3,(H,16,17)/b5-4+. The zero-order valence-corrected chi connectivity index (χ0v) is 10.4. The quantitative estimate of drug-likeness (QED) is 0.766. The molecule has 0 saturated heterocycles. The summed E-state index contributed by atoms with van der Waals surface area (Å²) in [6.07, 6.45) is 2.71. The lowest BCUT2D eigenvalue weighted by atomic mass is 10.1. The third kappa shape index (κ3) is 4.18. The van der Waals surface area contributed by atoms with Crippen molar-refractivity contribution in [1.29, 1.82) is 0 Å². The van der Waals surface area contributed by atoms with E-state index in [4.69, 9.17) is 5.11 Å². The van der Waals surface area contributed by atoms with Crippen molar-refractivity contribution in [3.8, 4) is 0 Å². The SMILES string of the molecule is Cc1ccc(NC/C=C/C(=O)O)cc1N(C)C. The van der Waals surface area contributed by atoms with E-state index in [1.54, 1.807) is 6.08 Å². The maximum Gasteiger partial charge on any atom is 0.328 e. The second-order valence-electron chi connectivity index (χ2n) is 4.02. The van der Waals surface area contributed by atoms with E-state index in [0.29, 0.717) is 6.54 Å². The van der Waals surface area contributed by atoms with E-state index >= 15 is 0 Å². The van der Waals surface area contributed by atoms with E-state index in [1.165, 1.54) is 5.56 Å². The van der Waals surface area contributed by atoms with Crippen LogP contribution >= 0.6 is 0 Å². The first-order valence-electron chi connectivity index (χ1n) is 5.42. The van der Waals surface area contributed by atoms with Crippen LogP contribution in [0.4, 0.5) is 11.4 Å². The zero-order chi connectivity index (χ0) is 12.8. The minimum absolute atomic E-state index is 0.502. The molecule has 92 valence electrons. The summed E-state index contributed by atoms with van der Waals surface area (Å²) >= 11 is 0. The fourth-order valence-electron chi connectivity index (χ4n) is 1.54. The van der Waals surface area contributed by atoms with Crippen molar-refractivity contribution in [1.82, 2.24) is 0 Å². The summed E-state index contributed by atoms with van der Waals surface area (Å²) in [7, 11) is 3.99. The molecule has 0 atom stereocenters. The van der Waals surface area contributed by atoms with E-state index in [2.05, 4.69) is 12.2 Å². The number of benzene rings is 1. The van der Waals surface area contributed by atoms with Crippen LogP contribution in [0.1, 0.15) is 5.56 Å². The second-order valence-corrected chi connectivity index (χ2v) is 4.02. The average molecular weight is 234 g/mol. The van der Waals surface area contributed by atoms with Gasteiger partial charge in [-0.2, -0.15) is 0 Å². The molecule has 0 aliphatic carbocycles. The molecule has 1 aromatic rings. The minimum Gasteiger partial charge on any atom is -0.478 e. The van der Waals surface area contributed by atoms with Crippen LogP contribution in [0.2, 0.25) is 0 Å². The summed E-state index contributed by atoms with van der Waals surface area (Å²) < 4.78 is 0. The molecule has 0 bridgehead atoms. The number of aliphatic carboxylic acids is 1. The molecule has 4 heteroatoms. The summed E-state index contributed by atoms with van der Waals surface area (Å²) in [6, 6.07) is 6.07. The lowest BCUT2D eigenvalue weighted by molar-refractivity contribution is -0.131. The summed E-state index contributed by atoms with van der Waals surface area (Å²) in [4.78, 5) is 12.3. The van der Waals surface area contributed by atoms with Gasteiger partial charge in [-0.1, -0.05) is 12.1 Å². The number of carboxylic acid groups (broad SMARTS) is 1. The van der Waals surface area contributed by atoms with Gasteiger partial charge in [-0.3, -0.25) is 0 Å². The second kappa shape index (κ2) is 5.94. The molecule has 0 unspecified atom stereocenters. The van der Waals surface area contributed by atoms with Gasteiger partial charge >= 0.3 is 5.97 Å². The molecule has 0 aliphatic rings. The maximum absolute atomic E-state index is 10.3. The van der Waals surface area contributed by atoms with Crippen LogP contribution in [0.15, 0.2) is 30.4 Å². The van der Waals surface area contributed by atoms with Crippen molar-refractivity contribution in [2.75, 3.05) is 30.9 Å². The zero-order valence-electron chi connectivity index (χ0n) is 10.4. The van der Waals surface area contributed by atoms with Crippen LogP contribution in [-0.4, -0.2) is 31.7 Å². The number of nitrogens with one attached hydrogen (secondary N) is 1. The van der Waals surface area contributed by atoms with E-state index in [-0.39, 0.29) is 0 Å². The lowest BCUT2D eigenvalue weighted by Gasteiger charge is -2.17. The fourth-order valence-corrected chi connectivity index (χ4v) is 1.54. The Bertz CT molecular complexity index is 425. The fraction of sp³-hybridized carbons (Fsp3) is 0.308. The number of anilines is 2. The lowest BCUT2D eigenvalue weighted by Crippen LogP contribution is -2.11. The van der Waals surface area contributed by atoms with Crippen molar-refractivity contribution in [3.05, 3.63) is 35.9 Å². The van der Waals surface area contributed by atoms with Gasteiger partial charge in [0, 0.05) is 38.1 Å². The van der Waals surface area contributed by atoms with Crippen LogP contribution in [0.25, 0.3) is 0 Å². The van der Waals surface area contributed by atoms with Crippen LogP contribution < -0.4 is 10.2 Å². The molecule has 0 fully saturated rings. The van der Waals surface area contributed by atoms with Crippen LogP contribution in [0.3, 0.4) is 0 Å². The van der Waals surface area contributed by atoms with Crippen molar-refractivity contribution < 1.29 is 9.90 Å². The summed E-state index contributed by atoms with van der Waals surface area (Å²) in [5.41, 5.74) is 3.34. The Morgan fingerprint density at radius 2 is 2.18 bits per heavy atom. The number of carbonyl (C=O) groups is 1. The minimum atomic E-state index is -0.926. The molecule has 1 rings (SSSR count). The monoisotopic (exact) mass is 234 g/mol. The molecule has 17 heavy (non-hydrogen) atoms. The van der Waals surface area contributed by atoms with Gasteiger partial charge < -0.3 is 15.3 Å². The Morgan fingerprint density at radius 1 is 1.47 bits per heavy atom. The normalized spacial score (nSPS) is 10.5. The van der Waals surface area contributed by atoms with Gasteiger partial charge in [-0.15, -0.1) is 0 Å². The molecule has 2 N–H and O–H groups in total. The Balaban J connectivity index is 2.66. The van der Waals surface area contributed by atoms with Gasteiger partial charge in [0.15, 0.2) is 0 Å². The number of nitrogens with zero attached hydrogens (tertiary/aromatic N) is 1. The van der Waals surface area contributed by atoms with Crippen molar-refractivity contribution in [2.45, 2.75) is 6.92 Å². The Labute approximate surface area is 102 Å². The smallest absolute Gasteiger partial charge is 0.328 e. The third-order valence-corrected chi connectivity index (χ3v) is 2.38. The highest BCUT2D eigenvalue weighted by molar-refractivity contribution is 5.79. The Morgan fingerprint density at radius 3 is 2.76 bits per heavy atom. The highest BCUT2D eigenvalue weighted by atomic mass is 16.4. The molecule has 0 aliphatic heterocycles. The topological polar surface area (TPSA) is 52.6 Å². The van der Waals surface area contributed by atoms with Gasteiger partial charge in [0.2, 0.25) is 0 Å². The highest BCUT2D eigenvalue weighted by Crippen LogP contribution is 2.22. The van der Waals surface area contributed by atoms with E-state index in [1.807, 2.05) is 37.2 Å². The summed E-state index contributed by atoms with van der Waals surface area (Å²) in [5, 5.41) is 11.6. The predicted octanol–water partition coefficient (Wildman–Crippen LogP) is 2.11. The molecule has 0 aromatic heterocycles. The molecule has 0 radical (unpaired) electrons. The first kappa shape index (κ1) is 13.1. The van der Waals surface area contributed by atoms with Gasteiger partial charge in [-0.25, -0.2) is 4.79 Å². The Kier molecular flexibility index (Phi) is 4.57. The van der Waals surface area contributed by atoms with Crippen molar-refractivity contribution >= 4 is 17.3 Å². The number of rotatable bonds is 5. The summed E-state index contributed by atoms with van der Waals surface area (Å²) in [5.74, 6) is -0.926. The predicted molar refractivity (Wildman–Crippen MR) is 70.8 cm³/mol. The molecule has 0 amide bonds. The van der Waals surface area contributed by atoms with Crippen LogP contribution in [0, 0.1) is 6.92 Å². The van der Waals surface area contributed by atoms with Crippen LogP contribution in [-0.2, 0) is 4.79 Å². The van der Waals surface area contributed by atoms with Gasteiger partial charge in [0.25, 0.3) is 0 Å². The number of hydrogen-bond acceptors (Lipinski definition) is 3. The van der Waals surface area contributed by atoms with Crippen LogP contribution in [0.5, 0.6) is 0 Å². The number of carboxylic acids is 1. The van der Waals surface area contributed by atoms with Crippen molar-refractivity contribution in [2.24, 2.45) is 0 Å². The average Bonchev–Trinajstić information content (AvgIpc) is 2.25. The number of hydrogen-bond donors (Lipinski definition) is 2. The molecule has 0 heterocycles. The number of aryl methyl sites for hydroxylation is 1. The van der Waals surface area contributed by atoms with Gasteiger partial charge in [-0.05, 0) is 24.6 Å². The molecule has 0 saturated carbocycles. The van der Waals surface area contributed by atoms with E-state index in [0.717, 1.165) is 17.5 Å². The van der Waals surface area contributed by atoms with E-state index in [9.17, 15) is 4.79 Å². The van der Waals surface area contributed by atoms with Crippen molar-refractivity contribution in [3.63, 3.8) is 0 Å². The largest absolute Gasteiger partial charge is 0.478 e. The maximum atomic E-state index is 10.3. The molecule has 1 aromatic carbocycles. The van der Waals surface area contributed by atoms with Gasteiger partial charge in [0.05, 0.1) is 0 Å².